The highest BCUT2D eigenvalue weighted by molar-refractivity contribution is 6.00. The van der Waals surface area contributed by atoms with Gasteiger partial charge in [0.2, 0.25) is 0 Å². The standard InChI is InChI=1S/C20H15N5O.2C2H6/c21-18(26)14-7-1-3-9-16(14)24-20-15-8-2-4-10-17(15)23-19(25-20)13-6-5-11-22-12-13;2*1-2/h1-12H,(H2,21,26)(H,23,24,25);2*1-2H3. The molecule has 0 saturated heterocycles. The van der Waals surface area contributed by atoms with Gasteiger partial charge in [-0.25, -0.2) is 9.97 Å². The molecule has 0 aliphatic heterocycles. The van der Waals surface area contributed by atoms with Crippen LogP contribution in [0.2, 0.25) is 0 Å². The highest BCUT2D eigenvalue weighted by atomic mass is 16.1. The van der Waals surface area contributed by atoms with Crippen molar-refractivity contribution < 1.29 is 4.79 Å². The van der Waals surface area contributed by atoms with E-state index >= 15 is 0 Å². The number of carbonyl (C=O) groups excluding carboxylic acids is 1. The van der Waals surface area contributed by atoms with Gasteiger partial charge in [0.15, 0.2) is 5.82 Å². The number of nitrogens with two attached hydrogens (primary N) is 1. The fourth-order valence-electron chi connectivity index (χ4n) is 2.73. The Morgan fingerprint density at radius 2 is 1.57 bits per heavy atom. The molecule has 0 fully saturated rings. The Hall–Kier alpha value is -3.80. The van der Waals surface area contributed by atoms with Crippen LogP contribution in [0.25, 0.3) is 22.3 Å². The van der Waals surface area contributed by atoms with Crippen molar-refractivity contribution >= 4 is 28.3 Å². The first-order valence-corrected chi connectivity index (χ1v) is 10.1. The minimum Gasteiger partial charge on any atom is -0.366 e. The molecule has 0 saturated carbocycles. The summed E-state index contributed by atoms with van der Waals surface area (Å²) < 4.78 is 0. The van der Waals surface area contributed by atoms with Crippen LogP contribution in [-0.4, -0.2) is 20.9 Å². The SMILES string of the molecule is CC.CC.NC(=O)c1ccccc1Nc1nc(-c2cccnc2)nc2ccccc12. The maximum Gasteiger partial charge on any atom is 0.250 e. The molecule has 0 bridgehead atoms. The second-order valence-electron chi connectivity index (χ2n) is 5.69. The van der Waals surface area contributed by atoms with Crippen molar-refractivity contribution in [3.63, 3.8) is 0 Å². The summed E-state index contributed by atoms with van der Waals surface area (Å²) in [7, 11) is 0. The van der Waals surface area contributed by atoms with Crippen LogP contribution in [0.3, 0.4) is 0 Å². The van der Waals surface area contributed by atoms with Crippen LogP contribution in [-0.2, 0) is 0 Å². The summed E-state index contributed by atoms with van der Waals surface area (Å²) in [6.45, 7) is 8.00. The van der Waals surface area contributed by atoms with Gasteiger partial charge in [0.25, 0.3) is 5.91 Å². The molecule has 0 aliphatic rings. The van der Waals surface area contributed by atoms with Gasteiger partial charge in [-0.15, -0.1) is 0 Å². The number of benzene rings is 2. The van der Waals surface area contributed by atoms with Crippen LogP contribution >= 0.6 is 0 Å². The van der Waals surface area contributed by atoms with E-state index in [1.54, 1.807) is 30.6 Å². The van der Waals surface area contributed by atoms with E-state index in [9.17, 15) is 4.79 Å². The number of hydrogen-bond donors (Lipinski definition) is 2. The lowest BCUT2D eigenvalue weighted by Crippen LogP contribution is -2.13. The Bertz CT molecular complexity index is 1100. The molecule has 0 atom stereocenters. The monoisotopic (exact) mass is 401 g/mol. The molecule has 0 spiro atoms. The Morgan fingerprint density at radius 3 is 2.27 bits per heavy atom. The van der Waals surface area contributed by atoms with Crippen molar-refractivity contribution in [2.45, 2.75) is 27.7 Å². The number of hydrogen-bond acceptors (Lipinski definition) is 5. The lowest BCUT2D eigenvalue weighted by molar-refractivity contribution is 0.100. The Kier molecular flexibility index (Phi) is 8.44. The number of carbonyl (C=O) groups is 1. The van der Waals surface area contributed by atoms with Crippen LogP contribution < -0.4 is 11.1 Å². The number of nitrogens with zero attached hydrogens (tertiary/aromatic N) is 3. The molecule has 1 amide bonds. The first-order valence-electron chi connectivity index (χ1n) is 10.1. The van der Waals surface area contributed by atoms with E-state index in [1.807, 2.05) is 70.2 Å². The highest BCUT2D eigenvalue weighted by Crippen LogP contribution is 2.28. The maximum atomic E-state index is 11.7. The van der Waals surface area contributed by atoms with E-state index in [0.717, 1.165) is 16.5 Å². The molecule has 2 aromatic carbocycles. The maximum absolute atomic E-state index is 11.7. The van der Waals surface area contributed by atoms with Crippen LogP contribution in [0.5, 0.6) is 0 Å². The third-order valence-electron chi connectivity index (χ3n) is 3.97. The summed E-state index contributed by atoms with van der Waals surface area (Å²) in [5.74, 6) is 0.651. The van der Waals surface area contributed by atoms with E-state index in [0.29, 0.717) is 22.9 Å². The zero-order valence-electron chi connectivity index (χ0n) is 17.8. The number of fused-ring (bicyclic) bond motifs is 1. The smallest absolute Gasteiger partial charge is 0.250 e. The van der Waals surface area contributed by atoms with Gasteiger partial charge in [-0.2, -0.15) is 0 Å². The fraction of sp³-hybridized carbons (Fsp3) is 0.167. The first kappa shape index (κ1) is 22.5. The average Bonchev–Trinajstić information content (AvgIpc) is 2.82. The Morgan fingerprint density at radius 1 is 0.867 bits per heavy atom. The Balaban J connectivity index is 0.000000757. The molecule has 30 heavy (non-hydrogen) atoms. The Labute approximate surface area is 177 Å². The van der Waals surface area contributed by atoms with Crippen molar-refractivity contribution in [1.82, 2.24) is 15.0 Å². The molecule has 154 valence electrons. The number of anilines is 2. The van der Waals surface area contributed by atoms with Crippen molar-refractivity contribution in [1.29, 1.82) is 0 Å². The largest absolute Gasteiger partial charge is 0.366 e. The molecule has 6 heteroatoms. The normalized spacial score (nSPS) is 9.60. The van der Waals surface area contributed by atoms with E-state index in [1.165, 1.54) is 0 Å². The number of aromatic nitrogens is 3. The van der Waals surface area contributed by atoms with Crippen LogP contribution in [0.1, 0.15) is 38.1 Å². The molecule has 2 heterocycles. The number of primary amides is 1. The van der Waals surface area contributed by atoms with Crippen molar-refractivity contribution in [3.05, 3.63) is 78.6 Å². The molecule has 0 aliphatic carbocycles. The number of nitrogens with one attached hydrogen (secondary N) is 1. The number of para-hydroxylation sites is 2. The topological polar surface area (TPSA) is 93.8 Å². The molecular weight excluding hydrogens is 374 g/mol. The predicted octanol–water partition coefficient (Wildman–Crippen LogP) is 5.59. The zero-order valence-corrected chi connectivity index (χ0v) is 17.8. The highest BCUT2D eigenvalue weighted by Gasteiger charge is 2.12. The van der Waals surface area contributed by atoms with Gasteiger partial charge in [-0.1, -0.05) is 52.0 Å². The van der Waals surface area contributed by atoms with E-state index in [-0.39, 0.29) is 0 Å². The van der Waals surface area contributed by atoms with E-state index in [4.69, 9.17) is 5.73 Å². The van der Waals surface area contributed by atoms with E-state index < -0.39 is 5.91 Å². The summed E-state index contributed by atoms with van der Waals surface area (Å²) in [5.41, 5.74) is 8.08. The van der Waals surface area contributed by atoms with Crippen LogP contribution in [0.15, 0.2) is 73.1 Å². The number of pyridine rings is 1. The van der Waals surface area contributed by atoms with Crippen LogP contribution in [0.4, 0.5) is 11.5 Å². The zero-order chi connectivity index (χ0) is 21.9. The number of amides is 1. The van der Waals surface area contributed by atoms with Gasteiger partial charge in [-0.3, -0.25) is 9.78 Å². The second-order valence-corrected chi connectivity index (χ2v) is 5.69. The predicted molar refractivity (Wildman–Crippen MR) is 124 cm³/mol. The lowest BCUT2D eigenvalue weighted by Gasteiger charge is -2.13. The van der Waals surface area contributed by atoms with Gasteiger partial charge in [0, 0.05) is 23.3 Å². The van der Waals surface area contributed by atoms with Crippen LogP contribution in [0, 0.1) is 0 Å². The molecule has 2 aromatic heterocycles. The third kappa shape index (κ3) is 5.17. The summed E-state index contributed by atoms with van der Waals surface area (Å²) in [4.78, 5) is 25.1. The van der Waals surface area contributed by atoms with Gasteiger partial charge in [0.1, 0.15) is 5.82 Å². The van der Waals surface area contributed by atoms with Gasteiger partial charge >= 0.3 is 0 Å². The molecule has 0 unspecified atom stereocenters. The lowest BCUT2D eigenvalue weighted by atomic mass is 10.1. The molecule has 6 nitrogen and oxygen atoms in total. The molecule has 3 N–H and O–H groups in total. The molecular formula is C24H27N5O. The molecule has 0 radical (unpaired) electrons. The summed E-state index contributed by atoms with van der Waals surface area (Å²) in [5, 5.41) is 4.08. The van der Waals surface area contributed by atoms with Gasteiger partial charge in [-0.05, 0) is 36.4 Å². The van der Waals surface area contributed by atoms with Crippen molar-refractivity contribution in [2.24, 2.45) is 5.73 Å². The fourth-order valence-corrected chi connectivity index (χ4v) is 2.73. The van der Waals surface area contributed by atoms with E-state index in [2.05, 4.69) is 20.3 Å². The first-order chi connectivity index (χ1) is 14.7. The number of rotatable bonds is 4. The third-order valence-corrected chi connectivity index (χ3v) is 3.97. The average molecular weight is 402 g/mol. The van der Waals surface area contributed by atoms with Gasteiger partial charge < -0.3 is 11.1 Å². The summed E-state index contributed by atoms with van der Waals surface area (Å²) in [6, 6.07) is 18.5. The second kappa shape index (κ2) is 11.3. The minimum atomic E-state index is -0.501. The summed E-state index contributed by atoms with van der Waals surface area (Å²) >= 11 is 0. The van der Waals surface area contributed by atoms with Crippen molar-refractivity contribution in [3.8, 4) is 11.4 Å². The molecule has 4 rings (SSSR count). The summed E-state index contributed by atoms with van der Waals surface area (Å²) in [6.07, 6.45) is 3.41. The van der Waals surface area contributed by atoms with Crippen molar-refractivity contribution in [2.75, 3.05) is 5.32 Å². The quantitative estimate of drug-likeness (QED) is 0.465. The molecule has 4 aromatic rings. The minimum absolute atomic E-state index is 0.401. The van der Waals surface area contributed by atoms with Gasteiger partial charge in [0.05, 0.1) is 16.8 Å².